The maximum atomic E-state index is 13.0. The zero-order chi connectivity index (χ0) is 30.1. The molecule has 0 unspecified atom stereocenters. The Bertz CT molecular complexity index is 1420. The first-order valence-electron chi connectivity index (χ1n) is 11.8. The van der Waals surface area contributed by atoms with Crippen LogP contribution in [0.3, 0.4) is 0 Å². The number of aliphatic carboxylic acids is 1. The quantitative estimate of drug-likeness (QED) is 0.245. The third kappa shape index (κ3) is 10.2. The molecule has 1 aromatic heterocycles. The molecular formula is C26H29F3N2O7S2. The fourth-order valence-electron chi connectivity index (χ4n) is 3.26. The minimum Gasteiger partial charge on any atom is -0.507 e. The minimum absolute atomic E-state index is 0.0182. The predicted molar refractivity (Wildman–Crippen MR) is 143 cm³/mol. The lowest BCUT2D eigenvalue weighted by Gasteiger charge is -2.10. The zero-order valence-corrected chi connectivity index (χ0v) is 23.6. The van der Waals surface area contributed by atoms with E-state index < -0.39 is 28.0 Å². The molecule has 0 bridgehead atoms. The second-order valence-electron chi connectivity index (χ2n) is 8.84. The van der Waals surface area contributed by atoms with Gasteiger partial charge in [-0.05, 0) is 70.2 Å². The number of alkyl halides is 3. The number of benzene rings is 2. The molecule has 9 nitrogen and oxygen atoms in total. The monoisotopic (exact) mass is 602 g/mol. The largest absolute Gasteiger partial charge is 0.507 e. The number of sulfone groups is 1. The molecule has 0 aliphatic carbocycles. The van der Waals surface area contributed by atoms with Crippen LogP contribution in [0.5, 0.6) is 5.75 Å². The summed E-state index contributed by atoms with van der Waals surface area (Å²) in [6.45, 7) is 3.06. The first-order valence-corrected chi connectivity index (χ1v) is 14.3. The Hall–Kier alpha value is -3.49. The number of aromatic nitrogens is 1. The number of nitrogens with zero attached hydrogens (tertiary/aromatic N) is 2. The number of hydrogen-bond donors (Lipinski definition) is 2. The highest BCUT2D eigenvalue weighted by molar-refractivity contribution is 7.90. The lowest BCUT2D eigenvalue weighted by Crippen LogP contribution is -2.21. The molecule has 0 fully saturated rings. The molecule has 2 N–H and O–H groups in total. The molecule has 0 aliphatic heterocycles. The Morgan fingerprint density at radius 2 is 1.77 bits per heavy atom. The first-order chi connectivity index (χ1) is 18.6. The number of phenolic OH excluding ortho intramolecular Hbond substituents is 1. The molecule has 0 atom stereocenters. The summed E-state index contributed by atoms with van der Waals surface area (Å²) in [5.74, 6) is -3.99. The summed E-state index contributed by atoms with van der Waals surface area (Å²) >= 11 is 1.50. The number of aromatic hydroxyl groups is 1. The number of esters is 1. The van der Waals surface area contributed by atoms with Crippen molar-refractivity contribution < 1.29 is 46.1 Å². The first kappa shape index (κ1) is 32.7. The van der Waals surface area contributed by atoms with Gasteiger partial charge in [-0.2, -0.15) is 13.2 Å². The highest BCUT2D eigenvalue weighted by atomic mass is 32.2. The summed E-state index contributed by atoms with van der Waals surface area (Å²) in [5, 5.41) is 20.2. The molecule has 0 amide bonds. The molecule has 0 spiro atoms. The van der Waals surface area contributed by atoms with Crippen LogP contribution < -0.4 is 0 Å². The van der Waals surface area contributed by atoms with E-state index in [9.17, 15) is 31.5 Å². The van der Waals surface area contributed by atoms with Gasteiger partial charge in [0.25, 0.3) is 0 Å². The second kappa shape index (κ2) is 14.2. The van der Waals surface area contributed by atoms with Crippen molar-refractivity contribution in [3.8, 4) is 17.0 Å². The average Bonchev–Trinajstić information content (AvgIpc) is 3.29. The number of phenols is 1. The summed E-state index contributed by atoms with van der Waals surface area (Å²) in [4.78, 5) is 27.8. The van der Waals surface area contributed by atoms with Gasteiger partial charge in [0.2, 0.25) is 0 Å². The third-order valence-corrected chi connectivity index (χ3v) is 7.68. The van der Waals surface area contributed by atoms with E-state index in [-0.39, 0.29) is 28.6 Å². The zero-order valence-electron chi connectivity index (χ0n) is 21.9. The van der Waals surface area contributed by atoms with Crippen molar-refractivity contribution in [2.45, 2.75) is 36.6 Å². The van der Waals surface area contributed by atoms with Crippen molar-refractivity contribution in [2.24, 2.45) is 0 Å². The van der Waals surface area contributed by atoms with Gasteiger partial charge in [0.15, 0.2) is 9.84 Å². The molecule has 0 aliphatic rings. The Labute approximate surface area is 233 Å². The molecule has 218 valence electrons. The molecule has 3 rings (SSSR count). The van der Waals surface area contributed by atoms with Gasteiger partial charge in [-0.25, -0.2) is 23.0 Å². The number of thiazole rings is 1. The number of aryl methyl sites for hydroxylation is 1. The second-order valence-corrected chi connectivity index (χ2v) is 11.9. The Balaban J connectivity index is 0.000000708. The fraction of sp³-hybridized carbons (Fsp3) is 0.346. The van der Waals surface area contributed by atoms with Crippen LogP contribution >= 0.6 is 11.3 Å². The summed E-state index contributed by atoms with van der Waals surface area (Å²) in [6.07, 6.45) is -3.47. The highest BCUT2D eigenvalue weighted by Crippen LogP contribution is 2.27. The normalized spacial score (nSPS) is 11.6. The van der Waals surface area contributed by atoms with E-state index >= 15 is 0 Å². The van der Waals surface area contributed by atoms with E-state index in [2.05, 4.69) is 9.88 Å². The highest BCUT2D eigenvalue weighted by Gasteiger charge is 2.38. The Kier molecular flexibility index (Phi) is 11.6. The molecule has 0 radical (unpaired) electrons. The number of unbranched alkanes of at least 4 members (excludes halogenated alkanes) is 1. The number of rotatable bonds is 10. The van der Waals surface area contributed by atoms with E-state index in [0.29, 0.717) is 5.56 Å². The third-order valence-electron chi connectivity index (χ3n) is 5.22. The molecule has 0 saturated carbocycles. The van der Waals surface area contributed by atoms with Crippen LogP contribution in [0.15, 0.2) is 52.7 Å². The van der Waals surface area contributed by atoms with Crippen LogP contribution in [0, 0.1) is 6.92 Å². The van der Waals surface area contributed by atoms with Crippen LogP contribution in [0.25, 0.3) is 11.3 Å². The van der Waals surface area contributed by atoms with Gasteiger partial charge in [-0.1, -0.05) is 18.2 Å². The summed E-state index contributed by atoms with van der Waals surface area (Å²) in [5.41, 5.74) is 1.86. The summed E-state index contributed by atoms with van der Waals surface area (Å²) in [7, 11) is 0.283. The molecule has 40 heavy (non-hydrogen) atoms. The standard InChI is InChI=1S/C24H28N2O5S2.C2HF3O2/c1-17-25-22(15-32-17)19-7-6-8-20(14-19)33(29,30)16-18-9-10-21(23(27)13-18)24(28)31-12-5-4-11-26(2)3;3-2(4,5)1(6)7/h6-10,13-15,27H,4-5,11-12,16H2,1-3H3;(H,6,7). The maximum Gasteiger partial charge on any atom is 0.490 e. The molecule has 2 aromatic carbocycles. The van der Waals surface area contributed by atoms with Crippen molar-refractivity contribution in [1.82, 2.24) is 9.88 Å². The number of carboxylic acids is 1. The van der Waals surface area contributed by atoms with Crippen LogP contribution in [-0.2, 0) is 25.1 Å². The van der Waals surface area contributed by atoms with Crippen LogP contribution in [0.4, 0.5) is 13.2 Å². The molecule has 14 heteroatoms. The fourth-order valence-corrected chi connectivity index (χ4v) is 5.26. The lowest BCUT2D eigenvalue weighted by molar-refractivity contribution is -0.192. The van der Waals surface area contributed by atoms with Gasteiger partial charge in [0.1, 0.15) is 11.3 Å². The number of ether oxygens (including phenoxy) is 1. The predicted octanol–water partition coefficient (Wildman–Crippen LogP) is 4.93. The van der Waals surface area contributed by atoms with E-state index in [1.165, 1.54) is 29.5 Å². The Morgan fingerprint density at radius 3 is 2.33 bits per heavy atom. The van der Waals surface area contributed by atoms with Crippen LogP contribution in [0.2, 0.25) is 0 Å². The van der Waals surface area contributed by atoms with Crippen molar-refractivity contribution in [3.63, 3.8) is 0 Å². The van der Waals surface area contributed by atoms with Gasteiger partial charge in [-0.3, -0.25) is 0 Å². The van der Waals surface area contributed by atoms with Gasteiger partial charge in [0.05, 0.1) is 28.0 Å². The molecule has 3 aromatic rings. The smallest absolute Gasteiger partial charge is 0.490 e. The number of carboxylic acid groups (broad SMARTS) is 1. The van der Waals surface area contributed by atoms with E-state index in [1.54, 1.807) is 18.2 Å². The maximum absolute atomic E-state index is 13.0. The van der Waals surface area contributed by atoms with E-state index in [4.69, 9.17) is 14.6 Å². The van der Waals surface area contributed by atoms with Crippen molar-refractivity contribution >= 4 is 33.1 Å². The number of hydrogen-bond acceptors (Lipinski definition) is 9. The molecule has 0 saturated heterocycles. The Morgan fingerprint density at radius 1 is 1.10 bits per heavy atom. The summed E-state index contributed by atoms with van der Waals surface area (Å²) < 4.78 is 62.9. The summed E-state index contributed by atoms with van der Waals surface area (Å²) in [6, 6.07) is 10.9. The van der Waals surface area contributed by atoms with Crippen LogP contribution in [0.1, 0.15) is 33.8 Å². The van der Waals surface area contributed by atoms with Gasteiger partial charge in [-0.15, -0.1) is 11.3 Å². The SMILES string of the molecule is Cc1nc(-c2cccc(S(=O)(=O)Cc3ccc(C(=O)OCCCCN(C)C)c(O)c3)c2)cs1.O=C(O)C(F)(F)F. The van der Waals surface area contributed by atoms with Gasteiger partial charge < -0.3 is 19.8 Å². The molecular weight excluding hydrogens is 573 g/mol. The lowest BCUT2D eigenvalue weighted by atomic mass is 10.1. The number of halogens is 3. The van der Waals surface area contributed by atoms with Crippen molar-refractivity contribution in [3.05, 3.63) is 64.0 Å². The van der Waals surface area contributed by atoms with E-state index in [0.717, 1.165) is 35.7 Å². The van der Waals surface area contributed by atoms with E-state index in [1.807, 2.05) is 32.5 Å². The minimum atomic E-state index is -5.08. The van der Waals surface area contributed by atoms with Crippen molar-refractivity contribution in [1.29, 1.82) is 0 Å². The topological polar surface area (TPSA) is 134 Å². The van der Waals surface area contributed by atoms with Crippen molar-refractivity contribution in [2.75, 3.05) is 27.2 Å². The van der Waals surface area contributed by atoms with Crippen LogP contribution in [-0.4, -0.2) is 73.9 Å². The number of carbonyl (C=O) groups excluding carboxylic acids is 1. The molecule has 1 heterocycles. The van der Waals surface area contributed by atoms with Gasteiger partial charge >= 0.3 is 18.1 Å². The number of carbonyl (C=O) groups is 2. The average molecular weight is 603 g/mol. The van der Waals surface area contributed by atoms with Gasteiger partial charge in [0, 0.05) is 10.9 Å².